The molecule has 4 rings (SSSR count). The molecule has 1 fully saturated rings. The first-order valence-electron chi connectivity index (χ1n) is 9.89. The van der Waals surface area contributed by atoms with Crippen molar-refractivity contribution in [3.63, 3.8) is 0 Å². The summed E-state index contributed by atoms with van der Waals surface area (Å²) in [6.45, 7) is 0.547. The summed E-state index contributed by atoms with van der Waals surface area (Å²) in [5.74, 6) is 0.467. The minimum absolute atomic E-state index is 0.00423. The number of carbonyl (C=O) groups excluding carboxylic acids is 1. The Morgan fingerprint density at radius 2 is 2.06 bits per heavy atom. The smallest absolute Gasteiger partial charge is 0.323 e. The first-order valence-corrected chi connectivity index (χ1v) is 10.3. The van der Waals surface area contributed by atoms with E-state index >= 15 is 0 Å². The average Bonchev–Trinajstić information content (AvgIpc) is 3.16. The van der Waals surface area contributed by atoms with Crippen molar-refractivity contribution in [1.29, 1.82) is 0 Å². The Morgan fingerprint density at radius 3 is 2.81 bits per heavy atom. The predicted molar refractivity (Wildman–Crippen MR) is 118 cm³/mol. The van der Waals surface area contributed by atoms with Crippen molar-refractivity contribution in [3.8, 4) is 11.5 Å². The molecule has 2 heterocycles. The van der Waals surface area contributed by atoms with Crippen LogP contribution in [-0.2, 0) is 9.53 Å². The number of ether oxygens (including phenoxy) is 3. The number of esters is 1. The standard InChI is InChI=1S/C22H22ClFN4O4/c1-28-10-12(7-17(28)22(29)31-3)32-19-8-13-16(9-18(19)30-2)25-11-26-21(13)27-15-6-4-5-14(23)20(15)24/h4-6,8-9,11-12,17H,7,10H2,1-3H3,(H,25,26,27)/t12-,17-/m0/s1. The summed E-state index contributed by atoms with van der Waals surface area (Å²) in [6, 6.07) is 7.77. The van der Waals surface area contributed by atoms with E-state index in [0.717, 1.165) is 0 Å². The number of rotatable bonds is 6. The van der Waals surface area contributed by atoms with Crippen molar-refractivity contribution in [2.24, 2.45) is 0 Å². The molecule has 0 amide bonds. The fourth-order valence-corrected chi connectivity index (χ4v) is 3.95. The quantitative estimate of drug-likeness (QED) is 0.556. The molecule has 1 saturated heterocycles. The topological polar surface area (TPSA) is 85.8 Å². The van der Waals surface area contributed by atoms with Crippen molar-refractivity contribution in [1.82, 2.24) is 14.9 Å². The first kappa shape index (κ1) is 22.0. The van der Waals surface area contributed by atoms with Gasteiger partial charge in [0.2, 0.25) is 0 Å². The molecule has 32 heavy (non-hydrogen) atoms. The highest BCUT2D eigenvalue weighted by molar-refractivity contribution is 6.31. The second-order valence-electron chi connectivity index (χ2n) is 7.42. The van der Waals surface area contributed by atoms with Crippen molar-refractivity contribution < 1.29 is 23.4 Å². The van der Waals surface area contributed by atoms with Crippen LogP contribution in [0.3, 0.4) is 0 Å². The Balaban J connectivity index is 1.67. The number of carbonyl (C=O) groups is 1. The zero-order valence-electron chi connectivity index (χ0n) is 17.8. The molecule has 10 heteroatoms. The van der Waals surface area contributed by atoms with Crippen molar-refractivity contribution >= 4 is 40.0 Å². The first-order chi connectivity index (χ1) is 15.4. The van der Waals surface area contributed by atoms with Crippen LogP contribution < -0.4 is 14.8 Å². The molecule has 2 atom stereocenters. The highest BCUT2D eigenvalue weighted by Crippen LogP contribution is 2.37. The lowest BCUT2D eigenvalue weighted by atomic mass is 10.1. The molecule has 1 aromatic heterocycles. The molecule has 0 unspecified atom stereocenters. The Bertz CT molecular complexity index is 1160. The van der Waals surface area contributed by atoms with E-state index in [-0.39, 0.29) is 28.8 Å². The van der Waals surface area contributed by atoms with Crippen molar-refractivity contribution in [2.45, 2.75) is 18.6 Å². The Kier molecular flexibility index (Phi) is 6.29. The number of anilines is 2. The summed E-state index contributed by atoms with van der Waals surface area (Å²) in [7, 11) is 4.75. The number of halogens is 2. The molecule has 8 nitrogen and oxygen atoms in total. The average molecular weight is 461 g/mol. The van der Waals surface area contributed by atoms with Crippen LogP contribution in [-0.4, -0.2) is 60.8 Å². The maximum absolute atomic E-state index is 14.4. The lowest BCUT2D eigenvalue weighted by Gasteiger charge is -2.17. The van der Waals surface area contributed by atoms with Gasteiger partial charge in [-0.3, -0.25) is 9.69 Å². The SMILES string of the molecule is COC(=O)[C@@H]1C[C@H](Oc2cc3c(Nc4cccc(Cl)c4F)ncnc3cc2OC)CN1C. The monoisotopic (exact) mass is 460 g/mol. The van der Waals surface area contributed by atoms with Crippen molar-refractivity contribution in [2.75, 3.05) is 33.1 Å². The van der Waals surface area contributed by atoms with Crippen molar-refractivity contribution in [3.05, 3.63) is 47.5 Å². The minimum atomic E-state index is -0.575. The van der Waals surface area contributed by atoms with Crippen LogP contribution in [0.4, 0.5) is 15.9 Å². The van der Waals surface area contributed by atoms with Gasteiger partial charge < -0.3 is 19.5 Å². The fourth-order valence-electron chi connectivity index (χ4n) is 3.77. The van der Waals surface area contributed by atoms with E-state index in [1.807, 2.05) is 11.9 Å². The summed E-state index contributed by atoms with van der Waals surface area (Å²) in [6.07, 6.45) is 1.61. The number of hydrogen-bond donors (Lipinski definition) is 1. The van der Waals surface area contributed by atoms with Gasteiger partial charge in [0.15, 0.2) is 17.3 Å². The van der Waals surface area contributed by atoms with E-state index in [1.165, 1.54) is 26.6 Å². The molecule has 0 aliphatic carbocycles. The summed E-state index contributed by atoms with van der Waals surface area (Å²) < 4.78 is 31.0. The molecule has 0 bridgehead atoms. The third kappa shape index (κ3) is 4.26. The van der Waals surface area contributed by atoms with Gasteiger partial charge in [-0.1, -0.05) is 17.7 Å². The molecule has 0 saturated carbocycles. The van der Waals surface area contributed by atoms with Gasteiger partial charge in [-0.05, 0) is 25.2 Å². The maximum atomic E-state index is 14.4. The van der Waals surface area contributed by atoms with E-state index in [2.05, 4.69) is 15.3 Å². The van der Waals surface area contributed by atoms with Gasteiger partial charge in [0, 0.05) is 24.4 Å². The van der Waals surface area contributed by atoms with Crippen LogP contribution in [0.5, 0.6) is 11.5 Å². The number of likely N-dealkylation sites (tertiary alicyclic amines) is 1. The number of methoxy groups -OCH3 is 2. The molecule has 0 radical (unpaired) electrons. The van der Waals surface area contributed by atoms with E-state index in [4.69, 9.17) is 25.8 Å². The minimum Gasteiger partial charge on any atom is -0.493 e. The predicted octanol–water partition coefficient (Wildman–Crippen LogP) is 3.80. The second-order valence-corrected chi connectivity index (χ2v) is 7.83. The maximum Gasteiger partial charge on any atom is 0.323 e. The molecule has 3 aromatic rings. The molecule has 168 valence electrons. The summed E-state index contributed by atoms with van der Waals surface area (Å²) in [4.78, 5) is 22.4. The van der Waals surface area contributed by atoms with Crippen LogP contribution in [0, 0.1) is 5.82 Å². The van der Waals surface area contributed by atoms with Gasteiger partial charge in [-0.15, -0.1) is 0 Å². The number of aromatic nitrogens is 2. The van der Waals surface area contributed by atoms with Crippen LogP contribution in [0.1, 0.15) is 6.42 Å². The largest absolute Gasteiger partial charge is 0.493 e. The number of hydrogen-bond acceptors (Lipinski definition) is 8. The summed E-state index contributed by atoms with van der Waals surface area (Å²) in [5, 5.41) is 3.59. The lowest BCUT2D eigenvalue weighted by molar-refractivity contribution is -0.145. The van der Waals surface area contributed by atoms with Crippen LogP contribution >= 0.6 is 11.6 Å². The zero-order chi connectivity index (χ0) is 22.8. The molecule has 1 aliphatic heterocycles. The third-order valence-corrected chi connectivity index (χ3v) is 5.69. The highest BCUT2D eigenvalue weighted by Gasteiger charge is 2.36. The molecule has 1 aliphatic rings. The number of likely N-dealkylation sites (N-methyl/N-ethyl adjacent to an activating group) is 1. The second kappa shape index (κ2) is 9.13. The van der Waals surface area contributed by atoms with Gasteiger partial charge in [-0.25, -0.2) is 14.4 Å². The van der Waals surface area contributed by atoms with Gasteiger partial charge in [0.1, 0.15) is 24.3 Å². The number of nitrogens with one attached hydrogen (secondary N) is 1. The van der Waals surface area contributed by atoms with Crippen LogP contribution in [0.2, 0.25) is 5.02 Å². The highest BCUT2D eigenvalue weighted by atomic mass is 35.5. The normalized spacial score (nSPS) is 18.5. The Labute approximate surface area is 189 Å². The molecule has 2 aromatic carbocycles. The summed E-state index contributed by atoms with van der Waals surface area (Å²) in [5.41, 5.74) is 0.777. The number of fused-ring (bicyclic) bond motifs is 1. The third-order valence-electron chi connectivity index (χ3n) is 5.40. The van der Waals surface area contributed by atoms with Crippen LogP contribution in [0.15, 0.2) is 36.7 Å². The molecule has 0 spiro atoms. The van der Waals surface area contributed by atoms with Gasteiger partial charge >= 0.3 is 5.97 Å². The van der Waals surface area contributed by atoms with E-state index < -0.39 is 5.82 Å². The van der Waals surface area contributed by atoms with Gasteiger partial charge in [-0.2, -0.15) is 0 Å². The van der Waals surface area contributed by atoms with Gasteiger partial charge in [0.05, 0.1) is 30.4 Å². The van der Waals surface area contributed by atoms with E-state index in [0.29, 0.717) is 41.2 Å². The number of benzene rings is 2. The van der Waals surface area contributed by atoms with Gasteiger partial charge in [0.25, 0.3) is 0 Å². The Morgan fingerprint density at radius 1 is 1.25 bits per heavy atom. The van der Waals surface area contributed by atoms with Crippen LogP contribution in [0.25, 0.3) is 10.9 Å². The van der Waals surface area contributed by atoms with E-state index in [9.17, 15) is 9.18 Å². The Hall–Kier alpha value is -3.17. The molecular formula is C22H22ClFN4O4. The molecular weight excluding hydrogens is 439 g/mol. The lowest BCUT2D eigenvalue weighted by Crippen LogP contribution is -2.33. The fraction of sp³-hybridized carbons (Fsp3) is 0.318. The zero-order valence-corrected chi connectivity index (χ0v) is 18.5. The van der Waals surface area contributed by atoms with E-state index in [1.54, 1.807) is 24.3 Å². The number of nitrogens with zero attached hydrogens (tertiary/aromatic N) is 3. The molecule has 1 N–H and O–H groups in total. The summed E-state index contributed by atoms with van der Waals surface area (Å²) >= 11 is 5.89.